The summed E-state index contributed by atoms with van der Waals surface area (Å²) in [6.45, 7) is 1.16. The van der Waals surface area contributed by atoms with E-state index in [2.05, 4.69) is 0 Å². The van der Waals surface area contributed by atoms with Gasteiger partial charge in [0.2, 0.25) is 0 Å². The molecule has 1 atom stereocenters. The van der Waals surface area contributed by atoms with Crippen molar-refractivity contribution in [2.75, 3.05) is 13.1 Å². The van der Waals surface area contributed by atoms with Crippen molar-refractivity contribution < 1.29 is 9.90 Å². The Morgan fingerprint density at radius 1 is 1.69 bits per heavy atom. The molecule has 4 heteroatoms. The lowest BCUT2D eigenvalue weighted by Crippen LogP contribution is -2.28. The molecule has 1 N–H and O–H groups in total. The zero-order valence-corrected chi connectivity index (χ0v) is 7.96. The highest BCUT2D eigenvalue weighted by Crippen LogP contribution is 2.16. The molecule has 0 aromatic carbocycles. The Kier molecular flexibility index (Phi) is 2.33. The molecule has 1 aliphatic heterocycles. The predicted molar refractivity (Wildman–Crippen MR) is 50.8 cm³/mol. The fraction of sp³-hybridized carbons (Fsp3) is 0.444. The predicted octanol–water partition coefficient (Wildman–Crippen LogP) is 0.955. The zero-order valence-electron chi connectivity index (χ0n) is 7.14. The summed E-state index contributed by atoms with van der Waals surface area (Å²) < 4.78 is 0. The molecule has 0 bridgehead atoms. The average molecular weight is 197 g/mol. The SMILES string of the molecule is O=C(c1cccs1)N1CC[C@H](O)C1. The normalized spacial score (nSPS) is 22.2. The van der Waals surface area contributed by atoms with Gasteiger partial charge in [-0.05, 0) is 17.9 Å². The van der Waals surface area contributed by atoms with Crippen LogP contribution in [-0.4, -0.2) is 35.1 Å². The Hall–Kier alpha value is -0.870. The highest BCUT2D eigenvalue weighted by molar-refractivity contribution is 7.12. The van der Waals surface area contributed by atoms with Crippen molar-refractivity contribution >= 4 is 17.2 Å². The van der Waals surface area contributed by atoms with Gasteiger partial charge in [-0.1, -0.05) is 6.07 Å². The molecule has 1 aromatic rings. The standard InChI is InChI=1S/C9H11NO2S/c11-7-3-4-10(6-7)9(12)8-2-1-5-13-8/h1-2,5,7,11H,3-4,6H2/t7-/m0/s1. The maximum absolute atomic E-state index is 11.7. The number of carbonyl (C=O) groups is 1. The first-order chi connectivity index (χ1) is 6.27. The third-order valence-corrected chi connectivity index (χ3v) is 3.04. The van der Waals surface area contributed by atoms with E-state index < -0.39 is 0 Å². The molecule has 1 amide bonds. The first-order valence-corrected chi connectivity index (χ1v) is 5.16. The molecule has 1 fully saturated rings. The summed E-state index contributed by atoms with van der Waals surface area (Å²) in [4.78, 5) is 14.1. The molecule has 2 rings (SSSR count). The number of aliphatic hydroxyl groups excluding tert-OH is 1. The van der Waals surface area contributed by atoms with Crippen LogP contribution in [0.25, 0.3) is 0 Å². The van der Waals surface area contributed by atoms with Gasteiger partial charge in [-0.2, -0.15) is 0 Å². The van der Waals surface area contributed by atoms with Crippen molar-refractivity contribution in [3.05, 3.63) is 22.4 Å². The van der Waals surface area contributed by atoms with Crippen LogP contribution >= 0.6 is 11.3 Å². The van der Waals surface area contributed by atoms with Crippen molar-refractivity contribution in [3.63, 3.8) is 0 Å². The van der Waals surface area contributed by atoms with Gasteiger partial charge in [0.15, 0.2) is 0 Å². The lowest BCUT2D eigenvalue weighted by molar-refractivity contribution is 0.0769. The Balaban J connectivity index is 2.06. The van der Waals surface area contributed by atoms with Crippen LogP contribution in [0.2, 0.25) is 0 Å². The molecule has 0 aliphatic carbocycles. The molecule has 0 radical (unpaired) electrons. The topological polar surface area (TPSA) is 40.5 Å². The molecular weight excluding hydrogens is 186 g/mol. The van der Waals surface area contributed by atoms with E-state index in [0.29, 0.717) is 19.5 Å². The fourth-order valence-electron chi connectivity index (χ4n) is 1.48. The van der Waals surface area contributed by atoms with Crippen molar-refractivity contribution in [1.29, 1.82) is 0 Å². The molecule has 0 saturated carbocycles. The molecule has 0 spiro atoms. The van der Waals surface area contributed by atoms with Gasteiger partial charge in [-0.25, -0.2) is 0 Å². The fourth-order valence-corrected chi connectivity index (χ4v) is 2.17. The first kappa shape index (κ1) is 8.72. The Labute approximate surface area is 80.6 Å². The molecule has 13 heavy (non-hydrogen) atoms. The van der Waals surface area contributed by atoms with Gasteiger partial charge in [0.25, 0.3) is 5.91 Å². The highest BCUT2D eigenvalue weighted by atomic mass is 32.1. The van der Waals surface area contributed by atoms with E-state index in [1.54, 1.807) is 4.90 Å². The van der Waals surface area contributed by atoms with Crippen LogP contribution in [0.3, 0.4) is 0 Å². The van der Waals surface area contributed by atoms with Crippen LogP contribution in [0, 0.1) is 0 Å². The second-order valence-electron chi connectivity index (χ2n) is 3.17. The number of thiophene rings is 1. The van der Waals surface area contributed by atoms with Crippen molar-refractivity contribution in [3.8, 4) is 0 Å². The van der Waals surface area contributed by atoms with E-state index >= 15 is 0 Å². The number of hydrogen-bond acceptors (Lipinski definition) is 3. The van der Waals surface area contributed by atoms with E-state index in [0.717, 1.165) is 4.88 Å². The summed E-state index contributed by atoms with van der Waals surface area (Å²) in [5.74, 6) is 0.0477. The minimum Gasteiger partial charge on any atom is -0.391 e. The highest BCUT2D eigenvalue weighted by Gasteiger charge is 2.25. The summed E-state index contributed by atoms with van der Waals surface area (Å²) in [6.07, 6.45) is 0.376. The van der Waals surface area contributed by atoms with Gasteiger partial charge < -0.3 is 10.0 Å². The van der Waals surface area contributed by atoms with Crippen LogP contribution in [-0.2, 0) is 0 Å². The van der Waals surface area contributed by atoms with Crippen LogP contribution in [0.15, 0.2) is 17.5 Å². The third-order valence-electron chi connectivity index (χ3n) is 2.18. The Morgan fingerprint density at radius 2 is 2.54 bits per heavy atom. The number of rotatable bonds is 1. The quantitative estimate of drug-likeness (QED) is 0.728. The molecule has 1 saturated heterocycles. The van der Waals surface area contributed by atoms with Crippen LogP contribution in [0.5, 0.6) is 0 Å². The van der Waals surface area contributed by atoms with E-state index in [1.807, 2.05) is 17.5 Å². The van der Waals surface area contributed by atoms with Crippen LogP contribution in [0.1, 0.15) is 16.1 Å². The van der Waals surface area contributed by atoms with Gasteiger partial charge >= 0.3 is 0 Å². The minimum absolute atomic E-state index is 0.0477. The van der Waals surface area contributed by atoms with Crippen molar-refractivity contribution in [2.24, 2.45) is 0 Å². The number of β-amino-alcohol motifs (C(OH)–C–C–N with tert-alkyl or cyclic N) is 1. The lowest BCUT2D eigenvalue weighted by Gasteiger charge is -2.13. The smallest absolute Gasteiger partial charge is 0.264 e. The van der Waals surface area contributed by atoms with E-state index in [9.17, 15) is 9.90 Å². The third kappa shape index (κ3) is 1.73. The van der Waals surface area contributed by atoms with Gasteiger partial charge in [0.05, 0.1) is 11.0 Å². The molecule has 2 heterocycles. The minimum atomic E-state index is -0.330. The lowest BCUT2D eigenvalue weighted by atomic mass is 10.3. The number of hydrogen-bond donors (Lipinski definition) is 1. The number of aliphatic hydroxyl groups is 1. The summed E-state index contributed by atoms with van der Waals surface area (Å²) in [5.41, 5.74) is 0. The maximum Gasteiger partial charge on any atom is 0.264 e. The average Bonchev–Trinajstić information content (AvgIpc) is 2.72. The number of nitrogens with zero attached hydrogens (tertiary/aromatic N) is 1. The van der Waals surface area contributed by atoms with E-state index in [4.69, 9.17) is 0 Å². The summed E-state index contributed by atoms with van der Waals surface area (Å²) in [7, 11) is 0. The van der Waals surface area contributed by atoms with Gasteiger partial charge in [0.1, 0.15) is 0 Å². The maximum atomic E-state index is 11.7. The number of amides is 1. The second-order valence-corrected chi connectivity index (χ2v) is 4.12. The monoisotopic (exact) mass is 197 g/mol. The number of carbonyl (C=O) groups excluding carboxylic acids is 1. The molecule has 70 valence electrons. The van der Waals surface area contributed by atoms with Crippen molar-refractivity contribution in [1.82, 2.24) is 4.90 Å². The Bertz CT molecular complexity index is 297. The van der Waals surface area contributed by atoms with Gasteiger partial charge in [-0.3, -0.25) is 4.79 Å². The molecular formula is C9H11NO2S. The van der Waals surface area contributed by atoms with E-state index in [1.165, 1.54) is 11.3 Å². The molecule has 0 unspecified atom stereocenters. The largest absolute Gasteiger partial charge is 0.391 e. The number of likely N-dealkylation sites (tertiary alicyclic amines) is 1. The van der Waals surface area contributed by atoms with Crippen LogP contribution < -0.4 is 0 Å². The molecule has 3 nitrogen and oxygen atoms in total. The van der Waals surface area contributed by atoms with Gasteiger partial charge in [0, 0.05) is 13.1 Å². The molecule has 1 aromatic heterocycles. The second kappa shape index (κ2) is 3.47. The summed E-state index contributed by atoms with van der Waals surface area (Å²) >= 11 is 1.45. The van der Waals surface area contributed by atoms with E-state index in [-0.39, 0.29) is 12.0 Å². The van der Waals surface area contributed by atoms with Crippen molar-refractivity contribution in [2.45, 2.75) is 12.5 Å². The first-order valence-electron chi connectivity index (χ1n) is 4.28. The zero-order chi connectivity index (χ0) is 9.26. The van der Waals surface area contributed by atoms with Crippen LogP contribution in [0.4, 0.5) is 0 Å². The summed E-state index contributed by atoms with van der Waals surface area (Å²) in [5, 5.41) is 11.1. The Morgan fingerprint density at radius 3 is 3.08 bits per heavy atom. The molecule has 1 aliphatic rings. The van der Waals surface area contributed by atoms with Gasteiger partial charge in [-0.15, -0.1) is 11.3 Å². The summed E-state index contributed by atoms with van der Waals surface area (Å²) in [6, 6.07) is 3.68.